The lowest BCUT2D eigenvalue weighted by Gasteiger charge is -2.06. The molecule has 4 nitrogen and oxygen atoms in total. The molecular formula is C13H6ClFN2O2S. The molecule has 0 fully saturated rings. The molecule has 1 heterocycles. The number of carbonyl (C=O) groups is 1. The lowest BCUT2D eigenvalue weighted by molar-refractivity contribution is 0.0696. The van der Waals surface area contributed by atoms with Crippen LogP contribution in [0.25, 0.3) is 0 Å². The van der Waals surface area contributed by atoms with E-state index in [-0.39, 0.29) is 26.1 Å². The van der Waals surface area contributed by atoms with Gasteiger partial charge in [-0.05, 0) is 24.3 Å². The standard InChI is InChI=1S/C13H6ClFN2O2S/c14-11-8(6-16)3-4-17-12(11)20-10-5-7(13(18)19)1-2-9(10)15/h1-5H,(H,18,19). The van der Waals surface area contributed by atoms with Crippen molar-refractivity contribution in [3.63, 3.8) is 0 Å². The summed E-state index contributed by atoms with van der Waals surface area (Å²) in [5.74, 6) is -1.74. The number of aromatic nitrogens is 1. The number of aromatic carboxylic acids is 1. The van der Waals surface area contributed by atoms with E-state index in [0.717, 1.165) is 17.8 Å². The second-order valence-electron chi connectivity index (χ2n) is 3.64. The van der Waals surface area contributed by atoms with Crippen LogP contribution < -0.4 is 0 Å². The molecule has 0 radical (unpaired) electrons. The van der Waals surface area contributed by atoms with Gasteiger partial charge in [0.15, 0.2) is 0 Å². The van der Waals surface area contributed by atoms with Gasteiger partial charge in [-0.15, -0.1) is 0 Å². The molecular weight excluding hydrogens is 303 g/mol. The molecule has 0 aliphatic rings. The molecule has 7 heteroatoms. The maximum atomic E-state index is 13.7. The smallest absolute Gasteiger partial charge is 0.335 e. The maximum Gasteiger partial charge on any atom is 0.335 e. The van der Waals surface area contributed by atoms with Crippen LogP contribution in [0.15, 0.2) is 40.4 Å². The molecule has 0 spiro atoms. The predicted molar refractivity (Wildman–Crippen MR) is 71.4 cm³/mol. The van der Waals surface area contributed by atoms with Crippen molar-refractivity contribution < 1.29 is 14.3 Å². The minimum absolute atomic E-state index is 0.0403. The Morgan fingerprint density at radius 2 is 2.20 bits per heavy atom. The van der Waals surface area contributed by atoms with Crippen LogP contribution in [0.4, 0.5) is 4.39 Å². The highest BCUT2D eigenvalue weighted by molar-refractivity contribution is 7.99. The van der Waals surface area contributed by atoms with Crippen molar-refractivity contribution in [1.82, 2.24) is 4.98 Å². The van der Waals surface area contributed by atoms with E-state index in [0.29, 0.717) is 0 Å². The third-order valence-corrected chi connectivity index (χ3v) is 3.89. The molecule has 2 aromatic rings. The molecule has 0 saturated heterocycles. The fourth-order valence-electron chi connectivity index (χ4n) is 1.40. The zero-order chi connectivity index (χ0) is 14.7. The summed E-state index contributed by atoms with van der Waals surface area (Å²) in [7, 11) is 0. The lowest BCUT2D eigenvalue weighted by Crippen LogP contribution is -1.97. The number of benzene rings is 1. The highest BCUT2D eigenvalue weighted by Gasteiger charge is 2.14. The Hall–Kier alpha value is -2.10. The first-order chi connectivity index (χ1) is 9.52. The second-order valence-corrected chi connectivity index (χ2v) is 5.05. The van der Waals surface area contributed by atoms with E-state index < -0.39 is 11.8 Å². The Bertz CT molecular complexity index is 731. The Kier molecular flexibility index (Phi) is 4.23. The third-order valence-electron chi connectivity index (χ3n) is 2.36. The predicted octanol–water partition coefficient (Wildman–Crippen LogP) is 3.60. The van der Waals surface area contributed by atoms with Crippen LogP contribution in [-0.4, -0.2) is 16.1 Å². The van der Waals surface area contributed by atoms with Crippen molar-refractivity contribution in [3.05, 3.63) is 52.4 Å². The number of rotatable bonds is 3. The van der Waals surface area contributed by atoms with E-state index in [9.17, 15) is 9.18 Å². The second kappa shape index (κ2) is 5.90. The molecule has 100 valence electrons. The average Bonchev–Trinajstić information content (AvgIpc) is 2.43. The molecule has 0 aliphatic carbocycles. The Morgan fingerprint density at radius 3 is 2.85 bits per heavy atom. The van der Waals surface area contributed by atoms with Crippen LogP contribution >= 0.6 is 23.4 Å². The number of pyridine rings is 1. The van der Waals surface area contributed by atoms with Gasteiger partial charge in [-0.25, -0.2) is 14.2 Å². The van der Waals surface area contributed by atoms with Crippen LogP contribution in [0.2, 0.25) is 5.02 Å². The molecule has 20 heavy (non-hydrogen) atoms. The van der Waals surface area contributed by atoms with E-state index >= 15 is 0 Å². The number of carboxylic acids is 1. The van der Waals surface area contributed by atoms with Crippen molar-refractivity contribution in [2.24, 2.45) is 0 Å². The molecule has 1 aromatic heterocycles. The fraction of sp³-hybridized carbons (Fsp3) is 0. The van der Waals surface area contributed by atoms with Crippen LogP contribution in [0.1, 0.15) is 15.9 Å². The number of hydrogen-bond donors (Lipinski definition) is 1. The maximum absolute atomic E-state index is 13.7. The van der Waals surface area contributed by atoms with Gasteiger partial charge in [0.1, 0.15) is 16.9 Å². The third kappa shape index (κ3) is 2.90. The minimum Gasteiger partial charge on any atom is -0.478 e. The molecule has 0 amide bonds. The molecule has 0 unspecified atom stereocenters. The number of carboxylic acid groups (broad SMARTS) is 1. The summed E-state index contributed by atoms with van der Waals surface area (Å²) in [6, 6.07) is 6.76. The van der Waals surface area contributed by atoms with Crippen LogP contribution in [-0.2, 0) is 0 Å². The number of halogens is 2. The molecule has 0 atom stereocenters. The van der Waals surface area contributed by atoms with Gasteiger partial charge in [-0.2, -0.15) is 5.26 Å². The summed E-state index contributed by atoms with van der Waals surface area (Å²) in [5.41, 5.74) is 0.181. The van der Waals surface area contributed by atoms with Gasteiger partial charge in [-0.1, -0.05) is 23.4 Å². The summed E-state index contributed by atoms with van der Waals surface area (Å²) in [4.78, 5) is 14.9. The molecule has 0 bridgehead atoms. The van der Waals surface area contributed by atoms with Gasteiger partial charge in [0, 0.05) is 6.20 Å². The fourth-order valence-corrected chi connectivity index (χ4v) is 2.54. The van der Waals surface area contributed by atoms with Crippen molar-refractivity contribution in [1.29, 1.82) is 5.26 Å². The minimum atomic E-state index is -1.16. The molecule has 0 aliphatic heterocycles. The highest BCUT2D eigenvalue weighted by Crippen LogP contribution is 2.34. The van der Waals surface area contributed by atoms with E-state index in [1.54, 1.807) is 0 Å². The topological polar surface area (TPSA) is 74.0 Å². The van der Waals surface area contributed by atoms with E-state index in [1.165, 1.54) is 24.4 Å². The summed E-state index contributed by atoms with van der Waals surface area (Å²) in [5, 5.41) is 18.1. The van der Waals surface area contributed by atoms with E-state index in [1.807, 2.05) is 6.07 Å². The Morgan fingerprint density at radius 1 is 1.45 bits per heavy atom. The van der Waals surface area contributed by atoms with Gasteiger partial charge in [0.2, 0.25) is 0 Å². The number of nitrogens with zero attached hydrogens (tertiary/aromatic N) is 2. The SMILES string of the molecule is N#Cc1ccnc(Sc2cc(C(=O)O)ccc2F)c1Cl. The summed E-state index contributed by atoms with van der Waals surface area (Å²) in [6.07, 6.45) is 1.38. The largest absolute Gasteiger partial charge is 0.478 e. The summed E-state index contributed by atoms with van der Waals surface area (Å²) in [6.45, 7) is 0. The normalized spacial score (nSPS) is 10.1. The number of hydrogen-bond acceptors (Lipinski definition) is 4. The monoisotopic (exact) mass is 308 g/mol. The van der Waals surface area contributed by atoms with Crippen molar-refractivity contribution in [2.45, 2.75) is 9.92 Å². The first-order valence-electron chi connectivity index (χ1n) is 5.28. The van der Waals surface area contributed by atoms with E-state index in [2.05, 4.69) is 4.98 Å². The van der Waals surface area contributed by atoms with Crippen LogP contribution in [0.5, 0.6) is 0 Å². The molecule has 0 saturated carbocycles. The van der Waals surface area contributed by atoms with Crippen LogP contribution in [0, 0.1) is 17.1 Å². The van der Waals surface area contributed by atoms with Crippen molar-refractivity contribution in [3.8, 4) is 6.07 Å². The van der Waals surface area contributed by atoms with Crippen LogP contribution in [0.3, 0.4) is 0 Å². The van der Waals surface area contributed by atoms with Gasteiger partial charge in [0.05, 0.1) is 21.0 Å². The van der Waals surface area contributed by atoms with E-state index in [4.69, 9.17) is 22.0 Å². The van der Waals surface area contributed by atoms with Gasteiger partial charge < -0.3 is 5.11 Å². The molecule has 2 rings (SSSR count). The first-order valence-corrected chi connectivity index (χ1v) is 6.47. The highest BCUT2D eigenvalue weighted by atomic mass is 35.5. The number of nitriles is 1. The summed E-state index contributed by atoms with van der Waals surface area (Å²) >= 11 is 6.84. The van der Waals surface area contributed by atoms with Crippen molar-refractivity contribution >= 4 is 29.3 Å². The first kappa shape index (κ1) is 14.3. The molecule has 1 N–H and O–H groups in total. The Labute approximate surface area is 122 Å². The van der Waals surface area contributed by atoms with Gasteiger partial charge in [-0.3, -0.25) is 0 Å². The van der Waals surface area contributed by atoms with Gasteiger partial charge >= 0.3 is 5.97 Å². The Balaban J connectivity index is 2.43. The zero-order valence-corrected chi connectivity index (χ0v) is 11.4. The average molecular weight is 309 g/mol. The quantitative estimate of drug-likeness (QED) is 0.937. The lowest BCUT2D eigenvalue weighted by atomic mass is 10.2. The van der Waals surface area contributed by atoms with Gasteiger partial charge in [0.25, 0.3) is 0 Å². The van der Waals surface area contributed by atoms with Crippen molar-refractivity contribution in [2.75, 3.05) is 0 Å². The molecule has 1 aromatic carbocycles. The zero-order valence-electron chi connectivity index (χ0n) is 9.80. The summed E-state index contributed by atoms with van der Waals surface area (Å²) < 4.78 is 13.7.